The number of hydrogen-bond donors (Lipinski definition) is 1. The molecule has 0 radical (unpaired) electrons. The summed E-state index contributed by atoms with van der Waals surface area (Å²) in [6.07, 6.45) is 20.4. The van der Waals surface area contributed by atoms with Crippen molar-refractivity contribution in [3.63, 3.8) is 0 Å². The third-order valence-corrected chi connectivity index (χ3v) is 5.80. The Morgan fingerprint density at radius 3 is 1.54 bits per heavy atom. The molecule has 0 unspecified atom stereocenters. The van der Waals surface area contributed by atoms with E-state index in [1.807, 2.05) is 0 Å². The maximum absolute atomic E-state index is 11.8. The van der Waals surface area contributed by atoms with Crippen LogP contribution in [-0.2, 0) is 9.59 Å². The molecule has 0 aliphatic carbocycles. The van der Waals surface area contributed by atoms with E-state index in [0.29, 0.717) is 11.5 Å². The summed E-state index contributed by atoms with van der Waals surface area (Å²) in [6, 6.07) is 0. The molecule has 0 aromatic rings. The first kappa shape index (κ1) is 25.5. The predicted octanol–water partition coefficient (Wildman–Crippen LogP) is 7.37. The zero-order valence-electron chi connectivity index (χ0n) is 17.1. The molecule has 1 N–H and O–H groups in total. The van der Waals surface area contributed by atoms with Crippen LogP contribution in [-0.4, -0.2) is 21.9 Å². The van der Waals surface area contributed by atoms with Crippen LogP contribution >= 0.6 is 11.8 Å². The van der Waals surface area contributed by atoms with Gasteiger partial charge in [-0.15, -0.1) is 0 Å². The van der Waals surface area contributed by atoms with Gasteiger partial charge in [0.15, 0.2) is 5.12 Å². The monoisotopic (exact) mass is 386 g/mol. The first-order valence-corrected chi connectivity index (χ1v) is 12.0. The minimum atomic E-state index is -0.677. The Balaban J connectivity index is 3.15. The summed E-state index contributed by atoms with van der Waals surface area (Å²) >= 11 is 1.54. The van der Waals surface area contributed by atoms with E-state index in [2.05, 4.69) is 6.92 Å². The molecule has 0 atom stereocenters. The lowest BCUT2D eigenvalue weighted by molar-refractivity contribution is -0.137. The van der Waals surface area contributed by atoms with Crippen molar-refractivity contribution in [2.24, 2.45) is 0 Å². The van der Waals surface area contributed by atoms with Crippen LogP contribution in [0.3, 0.4) is 0 Å². The number of rotatable bonds is 20. The molecule has 26 heavy (non-hydrogen) atoms. The van der Waals surface area contributed by atoms with E-state index >= 15 is 0 Å². The summed E-state index contributed by atoms with van der Waals surface area (Å²) in [5.74, 6) is 0.314. The zero-order valence-corrected chi connectivity index (χ0v) is 17.9. The van der Waals surface area contributed by atoms with Gasteiger partial charge in [0.05, 0.1) is 0 Å². The zero-order chi connectivity index (χ0) is 19.3. The molecule has 0 rings (SSSR count). The van der Waals surface area contributed by atoms with Crippen molar-refractivity contribution in [2.75, 3.05) is 5.75 Å². The van der Waals surface area contributed by atoms with Gasteiger partial charge in [0.2, 0.25) is 0 Å². The van der Waals surface area contributed by atoms with E-state index in [9.17, 15) is 9.59 Å². The fourth-order valence-electron chi connectivity index (χ4n) is 3.10. The van der Waals surface area contributed by atoms with Gasteiger partial charge in [-0.1, -0.05) is 102 Å². The fourth-order valence-corrected chi connectivity index (χ4v) is 3.97. The van der Waals surface area contributed by atoms with Gasteiger partial charge < -0.3 is 5.11 Å². The first-order chi connectivity index (χ1) is 12.7. The summed E-state index contributed by atoms with van der Waals surface area (Å²) in [5, 5.41) is 8.95. The maximum atomic E-state index is 11.8. The smallest absolute Gasteiger partial charge is 0.303 e. The van der Waals surface area contributed by atoms with E-state index in [4.69, 9.17) is 5.11 Å². The largest absolute Gasteiger partial charge is 0.481 e. The summed E-state index contributed by atoms with van der Waals surface area (Å²) in [4.78, 5) is 22.2. The van der Waals surface area contributed by atoms with Gasteiger partial charge in [-0.3, -0.25) is 9.59 Å². The molecule has 154 valence electrons. The second kappa shape index (κ2) is 20.8. The molecular formula is C22H42O3S. The second-order valence-electron chi connectivity index (χ2n) is 7.42. The van der Waals surface area contributed by atoms with Crippen LogP contribution in [0.2, 0.25) is 0 Å². The Labute approximate surface area is 166 Å². The minimum Gasteiger partial charge on any atom is -0.481 e. The van der Waals surface area contributed by atoms with Crippen molar-refractivity contribution in [2.45, 2.75) is 122 Å². The number of carboxylic acids is 1. The summed E-state index contributed by atoms with van der Waals surface area (Å²) < 4.78 is 0. The molecular weight excluding hydrogens is 344 g/mol. The van der Waals surface area contributed by atoms with Crippen molar-refractivity contribution in [1.82, 2.24) is 0 Å². The van der Waals surface area contributed by atoms with Gasteiger partial charge in [-0.25, -0.2) is 0 Å². The minimum absolute atomic E-state index is 0.315. The Bertz CT molecular complexity index is 331. The van der Waals surface area contributed by atoms with E-state index in [1.54, 1.807) is 11.8 Å². The molecule has 0 fully saturated rings. The van der Waals surface area contributed by atoms with Gasteiger partial charge in [-0.2, -0.15) is 0 Å². The van der Waals surface area contributed by atoms with E-state index in [0.717, 1.165) is 44.3 Å². The molecule has 3 nitrogen and oxygen atoms in total. The number of carbonyl (C=O) groups is 2. The van der Waals surface area contributed by atoms with Crippen LogP contribution in [0.25, 0.3) is 0 Å². The van der Waals surface area contributed by atoms with Crippen molar-refractivity contribution < 1.29 is 14.7 Å². The van der Waals surface area contributed by atoms with E-state index in [-0.39, 0.29) is 0 Å². The number of hydrogen-bond acceptors (Lipinski definition) is 3. The molecule has 0 spiro atoms. The Hall–Kier alpha value is -0.510. The van der Waals surface area contributed by atoms with Gasteiger partial charge >= 0.3 is 5.97 Å². The lowest BCUT2D eigenvalue weighted by atomic mass is 10.1. The highest BCUT2D eigenvalue weighted by Crippen LogP contribution is 2.16. The number of aliphatic carboxylic acids is 1. The molecule has 0 aliphatic heterocycles. The van der Waals surface area contributed by atoms with Gasteiger partial charge in [-0.05, 0) is 19.3 Å². The van der Waals surface area contributed by atoms with Crippen LogP contribution in [0.15, 0.2) is 0 Å². The van der Waals surface area contributed by atoms with E-state index in [1.165, 1.54) is 70.6 Å². The van der Waals surface area contributed by atoms with Gasteiger partial charge in [0.1, 0.15) is 0 Å². The number of thioether (sulfide) groups is 1. The predicted molar refractivity (Wildman–Crippen MR) is 114 cm³/mol. The molecule has 0 bridgehead atoms. The standard InChI is InChI=1S/C22H42O3S/c1-2-3-4-5-9-13-16-19-22(25)26-20-17-14-11-8-6-7-10-12-15-18-21(23)24/h2-20H2,1H3,(H,23,24). The Morgan fingerprint density at radius 1 is 0.615 bits per heavy atom. The highest BCUT2D eigenvalue weighted by Gasteiger charge is 2.02. The van der Waals surface area contributed by atoms with Crippen LogP contribution in [0, 0.1) is 0 Å². The van der Waals surface area contributed by atoms with Crippen molar-refractivity contribution >= 4 is 22.8 Å². The van der Waals surface area contributed by atoms with Crippen molar-refractivity contribution in [3.05, 3.63) is 0 Å². The normalized spacial score (nSPS) is 11.0. The molecule has 0 aromatic heterocycles. The molecule has 0 saturated carbocycles. The third-order valence-electron chi connectivity index (χ3n) is 4.78. The van der Waals surface area contributed by atoms with Gasteiger partial charge in [0, 0.05) is 18.6 Å². The third kappa shape index (κ3) is 21.5. The lowest BCUT2D eigenvalue weighted by Crippen LogP contribution is -1.94. The fraction of sp³-hybridized carbons (Fsp3) is 0.909. The quantitative estimate of drug-likeness (QED) is 0.222. The van der Waals surface area contributed by atoms with Gasteiger partial charge in [0.25, 0.3) is 0 Å². The van der Waals surface area contributed by atoms with Crippen molar-refractivity contribution in [3.8, 4) is 0 Å². The highest BCUT2D eigenvalue weighted by atomic mass is 32.2. The van der Waals surface area contributed by atoms with Crippen LogP contribution in [0.1, 0.15) is 122 Å². The Morgan fingerprint density at radius 2 is 1.04 bits per heavy atom. The average molecular weight is 387 g/mol. The number of carbonyl (C=O) groups excluding carboxylic acids is 1. The molecule has 0 aromatic carbocycles. The maximum Gasteiger partial charge on any atom is 0.303 e. The SMILES string of the molecule is CCCCCCCCCC(=O)SCCCCCCCCCCCC(=O)O. The molecule has 0 aliphatic rings. The summed E-state index contributed by atoms with van der Waals surface area (Å²) in [7, 11) is 0. The highest BCUT2D eigenvalue weighted by molar-refractivity contribution is 8.13. The molecule has 0 amide bonds. The number of unbranched alkanes of at least 4 members (excludes halogenated alkanes) is 14. The average Bonchev–Trinajstić information content (AvgIpc) is 2.61. The Kier molecular flexibility index (Phi) is 20.4. The summed E-state index contributed by atoms with van der Waals surface area (Å²) in [6.45, 7) is 2.24. The van der Waals surface area contributed by atoms with Crippen LogP contribution in [0.5, 0.6) is 0 Å². The molecule has 0 heterocycles. The van der Waals surface area contributed by atoms with E-state index < -0.39 is 5.97 Å². The topological polar surface area (TPSA) is 54.4 Å². The second-order valence-corrected chi connectivity index (χ2v) is 8.57. The molecule has 0 saturated heterocycles. The lowest BCUT2D eigenvalue weighted by Gasteiger charge is -2.03. The molecule has 4 heteroatoms. The van der Waals surface area contributed by atoms with Crippen LogP contribution in [0.4, 0.5) is 0 Å². The van der Waals surface area contributed by atoms with Crippen molar-refractivity contribution in [1.29, 1.82) is 0 Å². The summed E-state index contributed by atoms with van der Waals surface area (Å²) in [5.41, 5.74) is 0. The van der Waals surface area contributed by atoms with Crippen LogP contribution < -0.4 is 0 Å². The number of carboxylic acid groups (broad SMARTS) is 1. The first-order valence-electron chi connectivity index (χ1n) is 11.0.